The molecular weight excluding hydrogens is 428 g/mol. The average molecular weight is 455 g/mol. The number of methoxy groups -OCH3 is 1. The van der Waals surface area contributed by atoms with Crippen LogP contribution in [-0.4, -0.2) is 41.8 Å². The first kappa shape index (κ1) is 21.8. The second-order valence-electron chi connectivity index (χ2n) is 8.64. The van der Waals surface area contributed by atoms with Crippen molar-refractivity contribution in [2.75, 3.05) is 14.2 Å². The number of rotatable bonds is 5. The summed E-state index contributed by atoms with van der Waals surface area (Å²) in [6, 6.07) is 22.8. The van der Waals surface area contributed by atoms with Crippen molar-refractivity contribution in [1.29, 1.82) is 0 Å². The van der Waals surface area contributed by atoms with Crippen LogP contribution in [0, 0.1) is 0 Å². The molecule has 6 heteroatoms. The van der Waals surface area contributed by atoms with Crippen molar-refractivity contribution in [3.05, 3.63) is 102 Å². The number of fused-ring (bicyclic) bond motifs is 2. The van der Waals surface area contributed by atoms with Crippen molar-refractivity contribution in [2.45, 2.75) is 25.6 Å². The highest BCUT2D eigenvalue weighted by molar-refractivity contribution is 5.96. The molecule has 0 bridgehead atoms. The van der Waals surface area contributed by atoms with E-state index >= 15 is 0 Å². The molecule has 1 atom stereocenters. The fourth-order valence-corrected chi connectivity index (χ4v) is 4.60. The van der Waals surface area contributed by atoms with Gasteiger partial charge in [-0.1, -0.05) is 42.5 Å². The van der Waals surface area contributed by atoms with Crippen molar-refractivity contribution in [3.8, 4) is 5.75 Å². The molecule has 0 saturated heterocycles. The molecule has 1 aliphatic heterocycles. The lowest BCUT2D eigenvalue weighted by molar-refractivity contribution is -0.135. The third-order valence-corrected chi connectivity index (χ3v) is 6.43. The number of carbonyl (C=O) groups excluding carboxylic acids is 2. The SMILES string of the molecule is COc1ccc2cc(CN(C)C(=O)C3Cc4ccccc4CN3C(=O)c3ccco3)ccc2c1. The van der Waals surface area contributed by atoms with E-state index in [1.807, 2.05) is 54.6 Å². The molecule has 1 aromatic heterocycles. The summed E-state index contributed by atoms with van der Waals surface area (Å²) in [7, 11) is 3.44. The molecule has 5 rings (SSSR count). The van der Waals surface area contributed by atoms with E-state index in [1.54, 1.807) is 36.1 Å². The molecule has 34 heavy (non-hydrogen) atoms. The zero-order valence-corrected chi connectivity index (χ0v) is 19.2. The molecule has 0 radical (unpaired) electrons. The van der Waals surface area contributed by atoms with E-state index in [9.17, 15) is 9.59 Å². The summed E-state index contributed by atoms with van der Waals surface area (Å²) in [6.07, 6.45) is 1.95. The molecule has 0 fully saturated rings. The van der Waals surface area contributed by atoms with Gasteiger partial charge in [-0.2, -0.15) is 0 Å². The van der Waals surface area contributed by atoms with E-state index < -0.39 is 6.04 Å². The second-order valence-corrected chi connectivity index (χ2v) is 8.64. The minimum absolute atomic E-state index is 0.0933. The first-order valence-electron chi connectivity index (χ1n) is 11.3. The quantitative estimate of drug-likeness (QED) is 0.440. The summed E-state index contributed by atoms with van der Waals surface area (Å²) in [5.74, 6) is 0.686. The molecule has 1 aliphatic rings. The molecule has 3 aromatic carbocycles. The minimum atomic E-state index is -0.595. The van der Waals surface area contributed by atoms with Gasteiger partial charge in [-0.3, -0.25) is 9.59 Å². The van der Waals surface area contributed by atoms with Crippen LogP contribution >= 0.6 is 0 Å². The number of nitrogens with zero attached hydrogens (tertiary/aromatic N) is 2. The van der Waals surface area contributed by atoms with Crippen molar-refractivity contribution < 1.29 is 18.7 Å². The number of furan rings is 1. The maximum absolute atomic E-state index is 13.6. The first-order valence-corrected chi connectivity index (χ1v) is 11.3. The molecule has 172 valence electrons. The van der Waals surface area contributed by atoms with Crippen LogP contribution in [0.4, 0.5) is 0 Å². The lowest BCUT2D eigenvalue weighted by Gasteiger charge is -2.37. The van der Waals surface area contributed by atoms with E-state index in [0.29, 0.717) is 19.5 Å². The van der Waals surface area contributed by atoms with E-state index in [1.165, 1.54) is 6.26 Å². The third kappa shape index (κ3) is 4.15. The van der Waals surface area contributed by atoms with Gasteiger partial charge in [-0.25, -0.2) is 0 Å². The second kappa shape index (κ2) is 9.06. The van der Waals surface area contributed by atoms with Crippen molar-refractivity contribution in [2.24, 2.45) is 0 Å². The van der Waals surface area contributed by atoms with Crippen LogP contribution in [0.5, 0.6) is 5.75 Å². The highest BCUT2D eigenvalue weighted by atomic mass is 16.5. The predicted molar refractivity (Wildman–Crippen MR) is 129 cm³/mol. The van der Waals surface area contributed by atoms with Gasteiger partial charge < -0.3 is 19.0 Å². The number of hydrogen-bond acceptors (Lipinski definition) is 4. The molecule has 0 spiro atoms. The monoisotopic (exact) mass is 454 g/mol. The van der Waals surface area contributed by atoms with E-state index in [-0.39, 0.29) is 17.6 Å². The molecule has 0 N–H and O–H groups in total. The van der Waals surface area contributed by atoms with Gasteiger partial charge >= 0.3 is 0 Å². The Morgan fingerprint density at radius 1 is 1.00 bits per heavy atom. The molecular formula is C28H26N2O4. The Balaban J connectivity index is 1.39. The smallest absolute Gasteiger partial charge is 0.290 e. The van der Waals surface area contributed by atoms with Crippen molar-refractivity contribution >= 4 is 22.6 Å². The Morgan fingerprint density at radius 2 is 1.76 bits per heavy atom. The van der Waals surface area contributed by atoms with Gasteiger partial charge in [0.25, 0.3) is 5.91 Å². The topological polar surface area (TPSA) is 63.0 Å². The Bertz CT molecular complexity index is 1350. The van der Waals surface area contributed by atoms with Gasteiger partial charge in [0.05, 0.1) is 13.4 Å². The van der Waals surface area contributed by atoms with Gasteiger partial charge in [-0.15, -0.1) is 0 Å². The third-order valence-electron chi connectivity index (χ3n) is 6.43. The van der Waals surface area contributed by atoms with Crippen molar-refractivity contribution in [1.82, 2.24) is 9.80 Å². The predicted octanol–water partition coefficient (Wildman–Crippen LogP) is 4.67. The molecule has 6 nitrogen and oxygen atoms in total. The summed E-state index contributed by atoms with van der Waals surface area (Å²) in [4.78, 5) is 30.2. The van der Waals surface area contributed by atoms with Crippen LogP contribution in [0.25, 0.3) is 10.8 Å². The number of carbonyl (C=O) groups is 2. The molecule has 4 aromatic rings. The maximum Gasteiger partial charge on any atom is 0.290 e. The summed E-state index contributed by atoms with van der Waals surface area (Å²) in [5, 5.41) is 2.16. The van der Waals surface area contributed by atoms with E-state index in [0.717, 1.165) is 33.2 Å². The van der Waals surface area contributed by atoms with Crippen LogP contribution in [-0.2, 0) is 24.3 Å². The fourth-order valence-electron chi connectivity index (χ4n) is 4.60. The Labute approximate surface area is 198 Å². The van der Waals surface area contributed by atoms with Gasteiger partial charge in [-0.05, 0) is 57.8 Å². The first-order chi connectivity index (χ1) is 16.5. The van der Waals surface area contributed by atoms with E-state index in [4.69, 9.17) is 9.15 Å². The lowest BCUT2D eigenvalue weighted by atomic mass is 9.92. The average Bonchev–Trinajstić information content (AvgIpc) is 3.41. The number of benzene rings is 3. The van der Waals surface area contributed by atoms with Gasteiger partial charge in [0.15, 0.2) is 5.76 Å². The summed E-state index contributed by atoms with van der Waals surface area (Å²) >= 11 is 0. The molecule has 2 amide bonds. The number of amides is 2. The molecule has 2 heterocycles. The van der Waals surface area contributed by atoms with Crippen LogP contribution < -0.4 is 4.74 Å². The normalized spacial score (nSPS) is 15.1. The maximum atomic E-state index is 13.6. The Kier molecular flexibility index (Phi) is 5.80. The van der Waals surface area contributed by atoms with Gasteiger partial charge in [0, 0.05) is 26.6 Å². The molecule has 1 unspecified atom stereocenters. The Morgan fingerprint density at radius 3 is 2.53 bits per heavy atom. The highest BCUT2D eigenvalue weighted by Gasteiger charge is 2.37. The highest BCUT2D eigenvalue weighted by Crippen LogP contribution is 2.27. The zero-order valence-electron chi connectivity index (χ0n) is 19.2. The van der Waals surface area contributed by atoms with Crippen LogP contribution in [0.3, 0.4) is 0 Å². The van der Waals surface area contributed by atoms with Crippen LogP contribution in [0.1, 0.15) is 27.2 Å². The van der Waals surface area contributed by atoms with Crippen LogP contribution in [0.2, 0.25) is 0 Å². The van der Waals surface area contributed by atoms with Gasteiger partial charge in [0.1, 0.15) is 11.8 Å². The summed E-state index contributed by atoms with van der Waals surface area (Å²) in [5.41, 5.74) is 3.17. The number of hydrogen-bond donors (Lipinski definition) is 0. The summed E-state index contributed by atoms with van der Waals surface area (Å²) in [6.45, 7) is 0.819. The molecule has 0 saturated carbocycles. The standard InChI is InChI=1S/C28H26N2O4/c1-29(17-19-9-10-22-15-24(33-2)12-11-21(22)14-19)27(31)25-16-20-6-3-4-7-23(20)18-30(25)28(32)26-8-5-13-34-26/h3-15,25H,16-18H2,1-2H3. The van der Waals surface area contributed by atoms with E-state index in [2.05, 4.69) is 6.07 Å². The van der Waals surface area contributed by atoms with Gasteiger partial charge in [0.2, 0.25) is 5.91 Å². The van der Waals surface area contributed by atoms with Crippen LogP contribution in [0.15, 0.2) is 83.5 Å². The lowest BCUT2D eigenvalue weighted by Crippen LogP contribution is -2.52. The van der Waals surface area contributed by atoms with Crippen molar-refractivity contribution in [3.63, 3.8) is 0 Å². The molecule has 0 aliphatic carbocycles. The minimum Gasteiger partial charge on any atom is -0.497 e. The fraction of sp³-hybridized carbons (Fsp3) is 0.214. The largest absolute Gasteiger partial charge is 0.497 e. The summed E-state index contributed by atoms with van der Waals surface area (Å²) < 4.78 is 10.7. The number of likely N-dealkylation sites (N-methyl/N-ethyl adjacent to an activating group) is 1. The zero-order chi connectivity index (χ0) is 23.7. The Hall–Kier alpha value is -4.06. The number of ether oxygens (including phenoxy) is 1.